The number of hydrogen-bond donors (Lipinski definition) is 0. The van der Waals surface area contributed by atoms with Gasteiger partial charge in [0, 0.05) is 11.6 Å². The molecule has 116 valence electrons. The number of rotatable bonds is 5. The van der Waals surface area contributed by atoms with Crippen LogP contribution in [0.2, 0.25) is 0 Å². The fourth-order valence-electron chi connectivity index (χ4n) is 2.11. The minimum absolute atomic E-state index is 0.251. The van der Waals surface area contributed by atoms with Crippen molar-refractivity contribution in [1.82, 2.24) is 5.16 Å². The summed E-state index contributed by atoms with van der Waals surface area (Å²) in [5.41, 5.74) is 2.07. The molecule has 0 unspecified atom stereocenters. The number of methoxy groups -OCH3 is 1. The summed E-state index contributed by atoms with van der Waals surface area (Å²) >= 11 is 0. The average molecular weight is 309 g/mol. The molecule has 0 radical (unpaired) electrons. The van der Waals surface area contributed by atoms with Crippen LogP contribution in [0.15, 0.2) is 65.2 Å². The lowest BCUT2D eigenvalue weighted by molar-refractivity contribution is 0.0600. The van der Waals surface area contributed by atoms with Crippen molar-refractivity contribution in [2.75, 3.05) is 7.11 Å². The van der Waals surface area contributed by atoms with E-state index >= 15 is 0 Å². The highest BCUT2D eigenvalue weighted by molar-refractivity contribution is 5.89. The molecule has 3 aromatic rings. The Morgan fingerprint density at radius 2 is 1.91 bits per heavy atom. The molecule has 0 aliphatic heterocycles. The molecule has 0 N–H and O–H groups in total. The molecule has 1 heterocycles. The highest BCUT2D eigenvalue weighted by Crippen LogP contribution is 2.21. The third kappa shape index (κ3) is 3.58. The van der Waals surface area contributed by atoms with E-state index < -0.39 is 5.97 Å². The molecule has 5 heteroatoms. The van der Waals surface area contributed by atoms with E-state index in [4.69, 9.17) is 9.26 Å². The second-order valence-electron chi connectivity index (χ2n) is 4.86. The van der Waals surface area contributed by atoms with Crippen LogP contribution in [0.5, 0.6) is 5.75 Å². The van der Waals surface area contributed by atoms with E-state index in [0.29, 0.717) is 22.8 Å². The Labute approximate surface area is 133 Å². The molecule has 23 heavy (non-hydrogen) atoms. The highest BCUT2D eigenvalue weighted by Gasteiger charge is 2.09. The van der Waals surface area contributed by atoms with Crippen molar-refractivity contribution >= 4 is 5.97 Å². The number of carbonyl (C=O) groups excluding carboxylic acids is 1. The Morgan fingerprint density at radius 3 is 2.70 bits per heavy atom. The topological polar surface area (TPSA) is 61.6 Å². The third-order valence-corrected chi connectivity index (χ3v) is 3.26. The molecular weight excluding hydrogens is 294 g/mol. The molecule has 5 nitrogen and oxygen atoms in total. The summed E-state index contributed by atoms with van der Waals surface area (Å²) in [5, 5.41) is 3.99. The van der Waals surface area contributed by atoms with E-state index in [2.05, 4.69) is 9.89 Å². The van der Waals surface area contributed by atoms with Crippen molar-refractivity contribution in [3.63, 3.8) is 0 Å². The lowest BCUT2D eigenvalue weighted by atomic mass is 10.2. The molecule has 0 atom stereocenters. The molecule has 0 fully saturated rings. The van der Waals surface area contributed by atoms with Crippen LogP contribution < -0.4 is 4.74 Å². The molecular formula is C18H15NO4. The first kappa shape index (κ1) is 14.8. The second-order valence-corrected chi connectivity index (χ2v) is 4.86. The number of aromatic nitrogens is 1. The van der Waals surface area contributed by atoms with Gasteiger partial charge in [-0.2, -0.15) is 0 Å². The molecule has 0 bridgehead atoms. The van der Waals surface area contributed by atoms with E-state index in [-0.39, 0.29) is 6.61 Å². The van der Waals surface area contributed by atoms with Gasteiger partial charge in [-0.15, -0.1) is 0 Å². The standard InChI is InChI=1S/C18H15NO4/c1-21-18(20)14-8-5-9-16(10-14)22-12-15-11-17(23-19-15)13-6-3-2-4-7-13/h2-11H,12H2,1H3. The lowest BCUT2D eigenvalue weighted by Gasteiger charge is -2.05. The number of carbonyl (C=O) groups is 1. The predicted molar refractivity (Wildman–Crippen MR) is 84.1 cm³/mol. The zero-order valence-electron chi connectivity index (χ0n) is 12.6. The van der Waals surface area contributed by atoms with Crippen LogP contribution in [0.3, 0.4) is 0 Å². The molecule has 0 aliphatic rings. The number of benzene rings is 2. The molecule has 0 saturated heterocycles. The van der Waals surface area contributed by atoms with Crippen molar-refractivity contribution in [3.8, 4) is 17.1 Å². The van der Waals surface area contributed by atoms with Gasteiger partial charge in [0.1, 0.15) is 18.1 Å². The largest absolute Gasteiger partial charge is 0.487 e. The van der Waals surface area contributed by atoms with Gasteiger partial charge in [0.05, 0.1) is 12.7 Å². The van der Waals surface area contributed by atoms with Crippen molar-refractivity contribution in [1.29, 1.82) is 0 Å². The molecule has 0 amide bonds. The van der Waals surface area contributed by atoms with Crippen LogP contribution in [0.25, 0.3) is 11.3 Å². The first-order chi connectivity index (χ1) is 11.3. The van der Waals surface area contributed by atoms with Crippen LogP contribution in [0.4, 0.5) is 0 Å². The van der Waals surface area contributed by atoms with E-state index in [9.17, 15) is 4.79 Å². The van der Waals surface area contributed by atoms with Gasteiger partial charge in [0.25, 0.3) is 0 Å². The highest BCUT2D eigenvalue weighted by atomic mass is 16.5. The fraction of sp³-hybridized carbons (Fsp3) is 0.111. The number of esters is 1. The first-order valence-electron chi connectivity index (χ1n) is 7.08. The van der Waals surface area contributed by atoms with Gasteiger partial charge in [-0.3, -0.25) is 0 Å². The summed E-state index contributed by atoms with van der Waals surface area (Å²) in [5.74, 6) is 0.855. The van der Waals surface area contributed by atoms with Gasteiger partial charge in [-0.05, 0) is 18.2 Å². The Morgan fingerprint density at radius 1 is 1.09 bits per heavy atom. The predicted octanol–water partition coefficient (Wildman–Crippen LogP) is 3.71. The van der Waals surface area contributed by atoms with Gasteiger partial charge in [0.15, 0.2) is 5.76 Å². The Bertz CT molecular complexity index is 796. The van der Waals surface area contributed by atoms with Crippen LogP contribution in [0.1, 0.15) is 16.1 Å². The zero-order chi connectivity index (χ0) is 16.1. The lowest BCUT2D eigenvalue weighted by Crippen LogP contribution is -2.02. The number of ether oxygens (including phenoxy) is 2. The smallest absolute Gasteiger partial charge is 0.337 e. The molecule has 3 rings (SSSR count). The minimum Gasteiger partial charge on any atom is -0.487 e. The fourth-order valence-corrected chi connectivity index (χ4v) is 2.11. The van der Waals surface area contributed by atoms with Gasteiger partial charge in [0.2, 0.25) is 0 Å². The monoisotopic (exact) mass is 309 g/mol. The molecule has 0 saturated carbocycles. The Balaban J connectivity index is 1.67. The van der Waals surface area contributed by atoms with Crippen molar-refractivity contribution in [3.05, 3.63) is 71.9 Å². The Kier molecular flexibility index (Phi) is 4.38. The average Bonchev–Trinajstić information content (AvgIpc) is 3.09. The van der Waals surface area contributed by atoms with E-state index in [0.717, 1.165) is 5.56 Å². The van der Waals surface area contributed by atoms with Crippen LogP contribution in [0, 0.1) is 0 Å². The molecule has 1 aromatic heterocycles. The maximum absolute atomic E-state index is 11.5. The summed E-state index contributed by atoms with van der Waals surface area (Å²) in [4.78, 5) is 11.5. The van der Waals surface area contributed by atoms with Crippen molar-refractivity contribution < 1.29 is 18.8 Å². The van der Waals surface area contributed by atoms with Gasteiger partial charge in [-0.25, -0.2) is 4.79 Å². The van der Waals surface area contributed by atoms with Crippen molar-refractivity contribution in [2.45, 2.75) is 6.61 Å². The molecule has 0 aliphatic carbocycles. The van der Waals surface area contributed by atoms with Crippen LogP contribution in [-0.2, 0) is 11.3 Å². The van der Waals surface area contributed by atoms with E-state index in [1.54, 1.807) is 24.3 Å². The maximum atomic E-state index is 11.5. The SMILES string of the molecule is COC(=O)c1cccc(OCc2cc(-c3ccccc3)on2)c1. The first-order valence-corrected chi connectivity index (χ1v) is 7.08. The van der Waals surface area contributed by atoms with Gasteiger partial charge >= 0.3 is 5.97 Å². The molecule has 0 spiro atoms. The van der Waals surface area contributed by atoms with Crippen molar-refractivity contribution in [2.24, 2.45) is 0 Å². The second kappa shape index (κ2) is 6.79. The van der Waals surface area contributed by atoms with E-state index in [1.165, 1.54) is 7.11 Å². The normalized spacial score (nSPS) is 10.3. The van der Waals surface area contributed by atoms with Gasteiger partial charge < -0.3 is 14.0 Å². The van der Waals surface area contributed by atoms with E-state index in [1.807, 2.05) is 36.4 Å². The number of nitrogens with zero attached hydrogens (tertiary/aromatic N) is 1. The molecule has 2 aromatic carbocycles. The van der Waals surface area contributed by atoms with Crippen LogP contribution in [-0.4, -0.2) is 18.2 Å². The number of hydrogen-bond acceptors (Lipinski definition) is 5. The maximum Gasteiger partial charge on any atom is 0.337 e. The Hall–Kier alpha value is -3.08. The third-order valence-electron chi connectivity index (χ3n) is 3.26. The summed E-state index contributed by atoms with van der Waals surface area (Å²) in [6, 6.07) is 18.4. The summed E-state index contributed by atoms with van der Waals surface area (Å²) < 4.78 is 15.6. The van der Waals surface area contributed by atoms with Crippen LogP contribution >= 0.6 is 0 Å². The summed E-state index contributed by atoms with van der Waals surface area (Å²) in [6.45, 7) is 0.251. The quantitative estimate of drug-likeness (QED) is 0.672. The summed E-state index contributed by atoms with van der Waals surface area (Å²) in [7, 11) is 1.34. The summed E-state index contributed by atoms with van der Waals surface area (Å²) in [6.07, 6.45) is 0. The van der Waals surface area contributed by atoms with Gasteiger partial charge in [-0.1, -0.05) is 41.6 Å². The minimum atomic E-state index is -0.400. The zero-order valence-corrected chi connectivity index (χ0v) is 12.6.